The summed E-state index contributed by atoms with van der Waals surface area (Å²) in [5.74, 6) is -80.5. The van der Waals surface area contributed by atoms with Crippen LogP contribution in [0.5, 0.6) is 0 Å². The molecule has 474 valence electrons. The van der Waals surface area contributed by atoms with Crippen molar-refractivity contribution >= 4 is 33.7 Å². The van der Waals surface area contributed by atoms with Gasteiger partial charge >= 0.3 is 0 Å². The Morgan fingerprint density at radius 1 is 0.188 bits per heavy atom. The van der Waals surface area contributed by atoms with Gasteiger partial charge in [0.05, 0.1) is 13.1 Å². The number of quaternary nitrogens is 1. The van der Waals surface area contributed by atoms with Crippen LogP contribution in [-0.2, 0) is 0 Å². The topological polar surface area (TPSA) is 4.44 Å². The molecular weight excluding hydrogens is 1200 g/mol. The molecule has 0 aliphatic carbocycles. The van der Waals surface area contributed by atoms with E-state index in [1.165, 1.54) is 103 Å². The fourth-order valence-electron chi connectivity index (χ4n) is 10.5. The molecule has 1 N–H and O–H groups in total. The highest BCUT2D eigenvalue weighted by Crippen LogP contribution is 2.32. The van der Waals surface area contributed by atoms with Gasteiger partial charge in [-0.05, 0) is 25.7 Å². The lowest BCUT2D eigenvalue weighted by Crippen LogP contribution is -3.07. The van der Waals surface area contributed by atoms with Crippen LogP contribution in [0, 0.1) is 145 Å². The smallest absolute Gasteiger partial charge is 0.225 e. The standard InChI is InChI=1S/C34H58F5N.C24BF20/c1-3-5-7-9-11-13-15-17-19-21-23-25-27-40(34-32(38)30(36)29(35)31(37)33(34)39)28-26-24-22-20-18-16-14-12-10-8-6-4-2;26-5-1(6(27)14(35)21(42)13(5)34)25(2-7(28)15(36)22(43)16(37)8(2)29,3-9(30)17(38)23(44)18(39)10(3)31)4-11(32)19(40)24(45)20(41)12(4)33/h3-28H2,1-2H3;/q;-1/p+1. The first-order valence-corrected chi connectivity index (χ1v) is 27.8. The monoisotopic (exact) mass is 1260 g/mol. The molecule has 0 fully saturated rings. The minimum absolute atomic E-state index is 0.381. The Bertz CT molecular complexity index is 2640. The van der Waals surface area contributed by atoms with Gasteiger partial charge in [0.2, 0.25) is 34.8 Å². The van der Waals surface area contributed by atoms with E-state index in [9.17, 15) is 74.6 Å². The van der Waals surface area contributed by atoms with Gasteiger partial charge in [0, 0.05) is 0 Å². The van der Waals surface area contributed by atoms with Crippen molar-refractivity contribution in [2.75, 3.05) is 13.1 Å². The third kappa shape index (κ3) is 15.7. The molecule has 0 aliphatic heterocycles. The Morgan fingerprint density at radius 2 is 0.329 bits per heavy atom. The van der Waals surface area contributed by atoms with E-state index in [4.69, 9.17) is 0 Å². The lowest BCUT2D eigenvalue weighted by molar-refractivity contribution is -0.835. The maximum Gasteiger partial charge on any atom is 0.225 e. The van der Waals surface area contributed by atoms with E-state index in [1.807, 2.05) is 0 Å². The molecule has 0 heterocycles. The van der Waals surface area contributed by atoms with E-state index in [0.29, 0.717) is 30.8 Å². The number of unbranched alkanes of at least 4 members (excludes halogenated alkanes) is 22. The molecular formula is C58H59BF25N. The Hall–Kier alpha value is -5.63. The Morgan fingerprint density at radius 3 is 0.506 bits per heavy atom. The maximum atomic E-state index is 15.4. The molecule has 0 atom stereocenters. The van der Waals surface area contributed by atoms with Gasteiger partial charge in [-0.1, -0.05) is 142 Å². The first kappa shape index (κ1) is 71.9. The van der Waals surface area contributed by atoms with Crippen LogP contribution < -0.4 is 26.8 Å². The average Bonchev–Trinajstić information content (AvgIpc) is 0.714. The minimum Gasteiger partial charge on any atom is -0.297 e. The summed E-state index contributed by atoms with van der Waals surface area (Å²) >= 11 is 0. The normalized spacial score (nSPS) is 11.9. The van der Waals surface area contributed by atoms with Crippen LogP contribution in [-0.4, -0.2) is 19.2 Å². The molecule has 5 aromatic carbocycles. The lowest BCUT2D eigenvalue weighted by atomic mass is 9.12. The van der Waals surface area contributed by atoms with Crippen molar-refractivity contribution < 1.29 is 115 Å². The van der Waals surface area contributed by atoms with Crippen LogP contribution in [0.4, 0.5) is 115 Å². The predicted molar refractivity (Wildman–Crippen MR) is 268 cm³/mol. The highest BCUT2D eigenvalue weighted by molar-refractivity contribution is 7.20. The summed E-state index contributed by atoms with van der Waals surface area (Å²) in [6, 6.07) is 0. The first-order chi connectivity index (χ1) is 40.2. The third-order valence-electron chi connectivity index (χ3n) is 14.9. The molecule has 5 aromatic rings. The summed E-state index contributed by atoms with van der Waals surface area (Å²) in [4.78, 5) is 0.381. The van der Waals surface area contributed by atoms with Crippen LogP contribution in [0.1, 0.15) is 168 Å². The summed E-state index contributed by atoms with van der Waals surface area (Å²) < 4.78 is 365. The predicted octanol–water partition coefficient (Wildman–Crippen LogP) is 17.1. The highest BCUT2D eigenvalue weighted by Gasteiger charge is 2.52. The fraction of sp³-hybridized carbons (Fsp3) is 0.483. The highest BCUT2D eigenvalue weighted by atomic mass is 19.2. The summed E-state index contributed by atoms with van der Waals surface area (Å²) in [6.07, 6.45) is 20.9. The van der Waals surface area contributed by atoms with Crippen molar-refractivity contribution in [1.29, 1.82) is 0 Å². The summed E-state index contributed by atoms with van der Waals surface area (Å²) in [5.41, 5.74) is -15.0. The minimum atomic E-state index is -7.22. The van der Waals surface area contributed by atoms with E-state index in [-0.39, 0.29) is 0 Å². The number of nitrogens with one attached hydrogen (secondary N) is 1. The number of hydrogen-bond acceptors (Lipinski definition) is 0. The van der Waals surface area contributed by atoms with Gasteiger partial charge in [-0.25, -0.2) is 101 Å². The van der Waals surface area contributed by atoms with Gasteiger partial charge in [-0.3, -0.25) is 4.90 Å². The van der Waals surface area contributed by atoms with Crippen molar-refractivity contribution in [3.8, 4) is 0 Å². The fourth-order valence-corrected chi connectivity index (χ4v) is 10.5. The molecule has 0 saturated heterocycles. The third-order valence-corrected chi connectivity index (χ3v) is 14.9. The van der Waals surface area contributed by atoms with Gasteiger partial charge in [0.25, 0.3) is 0 Å². The number of halogens is 25. The van der Waals surface area contributed by atoms with Gasteiger partial charge in [-0.15, -0.1) is 21.9 Å². The van der Waals surface area contributed by atoms with Crippen molar-refractivity contribution in [1.82, 2.24) is 0 Å². The van der Waals surface area contributed by atoms with Crippen LogP contribution in [0.15, 0.2) is 0 Å². The summed E-state index contributed by atoms with van der Waals surface area (Å²) in [6.45, 7) is 5.22. The molecule has 1 nitrogen and oxygen atoms in total. The molecule has 0 aromatic heterocycles. The largest absolute Gasteiger partial charge is 0.297 e. The lowest BCUT2D eigenvalue weighted by Gasteiger charge is -2.44. The van der Waals surface area contributed by atoms with Crippen LogP contribution in [0.2, 0.25) is 0 Å². The molecule has 0 amide bonds. The molecule has 85 heavy (non-hydrogen) atoms. The van der Waals surface area contributed by atoms with Gasteiger partial charge < -0.3 is 0 Å². The second-order valence-electron chi connectivity index (χ2n) is 20.6. The van der Waals surface area contributed by atoms with Crippen molar-refractivity contribution in [3.05, 3.63) is 145 Å². The molecule has 0 saturated carbocycles. The molecule has 0 unspecified atom stereocenters. The number of rotatable bonds is 31. The van der Waals surface area contributed by atoms with Gasteiger partial charge in [0.15, 0.2) is 69.8 Å². The van der Waals surface area contributed by atoms with E-state index >= 15 is 35.1 Å². The summed E-state index contributed by atoms with van der Waals surface area (Å²) in [5, 5.41) is 0. The first-order valence-electron chi connectivity index (χ1n) is 27.8. The summed E-state index contributed by atoms with van der Waals surface area (Å²) in [7, 11) is 0. The van der Waals surface area contributed by atoms with Crippen LogP contribution in [0.25, 0.3) is 0 Å². The van der Waals surface area contributed by atoms with E-state index in [1.54, 1.807) is 0 Å². The van der Waals surface area contributed by atoms with E-state index < -0.39 is 179 Å². The van der Waals surface area contributed by atoms with Crippen LogP contribution in [0.3, 0.4) is 0 Å². The SMILES string of the molecule is CCCCCCCCCCCCCC[NH+](CCCCCCCCCCCCCC)c1c(F)c(F)c(F)c(F)c1F.Fc1c(F)c(F)c([B-](c2c(F)c(F)c(F)c(F)c2F)(c2c(F)c(F)c(F)c(F)c2F)c2c(F)c(F)c(F)c(F)c2F)c(F)c1F. The Kier molecular flexibility index (Phi) is 27.8. The zero-order chi connectivity index (χ0) is 63.8. The quantitative estimate of drug-likeness (QED) is 0.0148. The zero-order valence-electron chi connectivity index (χ0n) is 45.9. The number of hydrogen-bond donors (Lipinski definition) is 1. The molecule has 0 aliphatic rings. The van der Waals surface area contributed by atoms with Gasteiger partial charge in [-0.2, -0.15) is 8.78 Å². The van der Waals surface area contributed by atoms with Crippen molar-refractivity contribution in [3.63, 3.8) is 0 Å². The second kappa shape index (κ2) is 32.9. The molecule has 0 bridgehead atoms. The zero-order valence-corrected chi connectivity index (χ0v) is 45.9. The van der Waals surface area contributed by atoms with Crippen LogP contribution >= 0.6 is 0 Å². The van der Waals surface area contributed by atoms with E-state index in [2.05, 4.69) is 13.8 Å². The van der Waals surface area contributed by atoms with Crippen molar-refractivity contribution in [2.24, 2.45) is 0 Å². The molecule has 5 rings (SSSR count). The maximum absolute atomic E-state index is 15.4. The molecule has 27 heteroatoms. The Labute approximate surface area is 473 Å². The average molecular weight is 1260 g/mol. The molecule has 0 radical (unpaired) electrons. The second-order valence-corrected chi connectivity index (χ2v) is 20.6. The molecule has 0 spiro atoms. The van der Waals surface area contributed by atoms with Gasteiger partial charge in [0.1, 0.15) is 52.7 Å². The number of benzene rings is 5. The van der Waals surface area contributed by atoms with E-state index in [0.717, 1.165) is 38.5 Å². The Balaban J connectivity index is 0.000000368. The van der Waals surface area contributed by atoms with Crippen molar-refractivity contribution in [2.45, 2.75) is 168 Å².